The van der Waals surface area contributed by atoms with Gasteiger partial charge in [0.15, 0.2) is 0 Å². The van der Waals surface area contributed by atoms with Crippen molar-refractivity contribution in [2.75, 3.05) is 19.8 Å². The molecule has 1 atom stereocenters. The summed E-state index contributed by atoms with van der Waals surface area (Å²) in [5.74, 6) is 0.608. The molecule has 4 nitrogen and oxygen atoms in total. The minimum Gasteiger partial charge on any atom is -0.380 e. The van der Waals surface area contributed by atoms with E-state index in [1.54, 1.807) is 0 Å². The smallest absolute Gasteiger partial charge is 0.0762 e. The molecule has 0 bridgehead atoms. The Hall–Kier alpha value is -0.870. The van der Waals surface area contributed by atoms with Crippen LogP contribution in [0, 0.1) is 5.92 Å². The van der Waals surface area contributed by atoms with Crippen LogP contribution in [0.1, 0.15) is 45.9 Å². The molecule has 1 rings (SSSR count). The lowest BCUT2D eigenvalue weighted by Crippen LogP contribution is -2.20. The van der Waals surface area contributed by atoms with Gasteiger partial charge < -0.3 is 10.1 Å². The number of nitrogens with one attached hydrogen (secondary N) is 1. The molecule has 1 heterocycles. The van der Waals surface area contributed by atoms with Gasteiger partial charge in [-0.2, -0.15) is 5.10 Å². The van der Waals surface area contributed by atoms with Gasteiger partial charge >= 0.3 is 0 Å². The summed E-state index contributed by atoms with van der Waals surface area (Å²) >= 11 is 0. The van der Waals surface area contributed by atoms with Gasteiger partial charge in [-0.25, -0.2) is 0 Å². The maximum Gasteiger partial charge on any atom is 0.0762 e. The summed E-state index contributed by atoms with van der Waals surface area (Å²) in [6, 6.07) is 2.56. The van der Waals surface area contributed by atoms with Gasteiger partial charge in [-0.15, -0.1) is 0 Å². The van der Waals surface area contributed by atoms with Crippen molar-refractivity contribution in [1.82, 2.24) is 15.1 Å². The Morgan fingerprint density at radius 3 is 2.83 bits per heavy atom. The van der Waals surface area contributed by atoms with Gasteiger partial charge in [-0.1, -0.05) is 20.8 Å². The lowest BCUT2D eigenvalue weighted by Gasteiger charge is -2.08. The van der Waals surface area contributed by atoms with E-state index in [1.807, 2.05) is 4.68 Å². The Kier molecular flexibility index (Phi) is 6.98. The molecule has 0 amide bonds. The highest BCUT2D eigenvalue weighted by molar-refractivity contribution is 4.99. The summed E-state index contributed by atoms with van der Waals surface area (Å²) in [7, 11) is 0. The van der Waals surface area contributed by atoms with Gasteiger partial charge in [-0.3, -0.25) is 4.68 Å². The van der Waals surface area contributed by atoms with Crippen molar-refractivity contribution in [2.45, 2.75) is 46.7 Å². The van der Waals surface area contributed by atoms with E-state index in [0.29, 0.717) is 12.0 Å². The predicted octanol–water partition coefficient (Wildman–Crippen LogP) is 2.62. The van der Waals surface area contributed by atoms with E-state index in [1.165, 1.54) is 0 Å². The number of hydrogen-bond donors (Lipinski definition) is 1. The van der Waals surface area contributed by atoms with Crippen molar-refractivity contribution in [1.29, 1.82) is 0 Å². The Morgan fingerprint density at radius 2 is 2.17 bits per heavy atom. The summed E-state index contributed by atoms with van der Waals surface area (Å²) < 4.78 is 7.54. The highest BCUT2D eigenvalue weighted by Gasteiger charge is 2.03. The first kappa shape index (κ1) is 15.2. The molecule has 0 aliphatic carbocycles. The second-order valence-corrected chi connectivity index (χ2v) is 5.19. The second kappa shape index (κ2) is 8.27. The van der Waals surface area contributed by atoms with Crippen LogP contribution in [-0.4, -0.2) is 29.5 Å². The Morgan fingerprint density at radius 1 is 1.39 bits per heavy atom. The zero-order valence-corrected chi connectivity index (χ0v) is 12.1. The monoisotopic (exact) mass is 253 g/mol. The van der Waals surface area contributed by atoms with Crippen LogP contribution in [0.2, 0.25) is 0 Å². The normalized spacial score (nSPS) is 13.2. The van der Waals surface area contributed by atoms with Crippen LogP contribution < -0.4 is 5.32 Å². The zero-order chi connectivity index (χ0) is 13.4. The van der Waals surface area contributed by atoms with Gasteiger partial charge in [0.25, 0.3) is 0 Å². The first-order chi connectivity index (χ1) is 8.63. The number of rotatable bonds is 9. The maximum absolute atomic E-state index is 5.51. The minimum absolute atomic E-state index is 0.480. The lowest BCUT2D eigenvalue weighted by atomic mass is 10.2. The standard InChI is InChI=1S/C14H27N3O/c1-5-13(4)17-8-6-14(16-17)10-15-7-9-18-11-12(2)3/h6,8,12-13,15H,5,7,9-11H2,1-4H3. The molecule has 104 valence electrons. The lowest BCUT2D eigenvalue weighted by molar-refractivity contribution is 0.111. The molecule has 1 aromatic rings. The summed E-state index contributed by atoms with van der Waals surface area (Å²) in [5, 5.41) is 7.89. The Bertz CT molecular complexity index is 323. The van der Waals surface area contributed by atoms with Gasteiger partial charge in [0.05, 0.1) is 12.3 Å². The van der Waals surface area contributed by atoms with Crippen LogP contribution in [0.3, 0.4) is 0 Å². The van der Waals surface area contributed by atoms with Crippen LogP contribution in [0.15, 0.2) is 12.3 Å². The molecule has 0 aliphatic rings. The largest absolute Gasteiger partial charge is 0.380 e. The van der Waals surface area contributed by atoms with E-state index >= 15 is 0 Å². The second-order valence-electron chi connectivity index (χ2n) is 5.19. The molecule has 0 radical (unpaired) electrons. The Balaban J connectivity index is 2.14. The van der Waals surface area contributed by atoms with Crippen molar-refractivity contribution in [3.05, 3.63) is 18.0 Å². The molecular weight excluding hydrogens is 226 g/mol. The van der Waals surface area contributed by atoms with Crippen LogP contribution >= 0.6 is 0 Å². The highest BCUT2D eigenvalue weighted by atomic mass is 16.5. The third-order valence-corrected chi connectivity index (χ3v) is 2.89. The number of nitrogens with zero attached hydrogens (tertiary/aromatic N) is 2. The van der Waals surface area contributed by atoms with Crippen LogP contribution in [0.5, 0.6) is 0 Å². The minimum atomic E-state index is 0.480. The molecule has 0 fully saturated rings. The van der Waals surface area contributed by atoms with Gasteiger partial charge in [0.2, 0.25) is 0 Å². The molecule has 0 saturated heterocycles. The average Bonchev–Trinajstić information content (AvgIpc) is 2.81. The van der Waals surface area contributed by atoms with Crippen molar-refractivity contribution >= 4 is 0 Å². The van der Waals surface area contributed by atoms with Crippen LogP contribution in [0.25, 0.3) is 0 Å². The van der Waals surface area contributed by atoms with Gasteiger partial charge in [0.1, 0.15) is 0 Å². The maximum atomic E-state index is 5.51. The molecule has 1 N–H and O–H groups in total. The fraction of sp³-hybridized carbons (Fsp3) is 0.786. The van der Waals surface area contributed by atoms with E-state index < -0.39 is 0 Å². The summed E-state index contributed by atoms with van der Waals surface area (Å²) in [6.07, 6.45) is 3.16. The number of hydrogen-bond acceptors (Lipinski definition) is 3. The highest BCUT2D eigenvalue weighted by Crippen LogP contribution is 2.08. The van der Waals surface area contributed by atoms with Gasteiger partial charge in [0, 0.05) is 31.9 Å². The molecule has 0 aliphatic heterocycles. The summed E-state index contributed by atoms with van der Waals surface area (Å²) in [6.45, 7) is 12.0. The van der Waals surface area contributed by atoms with Crippen molar-refractivity contribution in [3.63, 3.8) is 0 Å². The molecule has 1 aromatic heterocycles. The molecule has 0 spiro atoms. The zero-order valence-electron chi connectivity index (χ0n) is 12.1. The molecule has 1 unspecified atom stereocenters. The van der Waals surface area contributed by atoms with Gasteiger partial charge in [-0.05, 0) is 25.3 Å². The van der Waals surface area contributed by atoms with E-state index in [0.717, 1.165) is 38.4 Å². The quantitative estimate of drug-likeness (QED) is 0.688. The van der Waals surface area contributed by atoms with Crippen LogP contribution in [-0.2, 0) is 11.3 Å². The summed E-state index contributed by atoms with van der Waals surface area (Å²) in [4.78, 5) is 0. The predicted molar refractivity (Wildman–Crippen MR) is 74.6 cm³/mol. The SMILES string of the molecule is CCC(C)n1ccc(CNCCOCC(C)C)n1. The van der Waals surface area contributed by atoms with E-state index in [9.17, 15) is 0 Å². The molecule has 4 heteroatoms. The van der Waals surface area contributed by atoms with Crippen LogP contribution in [0.4, 0.5) is 0 Å². The fourth-order valence-corrected chi connectivity index (χ4v) is 1.58. The molecule has 18 heavy (non-hydrogen) atoms. The molecule has 0 saturated carbocycles. The van der Waals surface area contributed by atoms with Crippen molar-refractivity contribution in [3.8, 4) is 0 Å². The third kappa shape index (κ3) is 5.65. The van der Waals surface area contributed by atoms with E-state index in [4.69, 9.17) is 4.74 Å². The topological polar surface area (TPSA) is 39.1 Å². The first-order valence-electron chi connectivity index (χ1n) is 6.96. The summed E-state index contributed by atoms with van der Waals surface area (Å²) in [5.41, 5.74) is 1.10. The van der Waals surface area contributed by atoms with Crippen molar-refractivity contribution in [2.24, 2.45) is 5.92 Å². The molecule has 0 aromatic carbocycles. The van der Waals surface area contributed by atoms with Crippen molar-refractivity contribution < 1.29 is 4.74 Å². The van der Waals surface area contributed by atoms with E-state index in [-0.39, 0.29) is 0 Å². The number of ether oxygens (including phenoxy) is 1. The Labute approximate surface area is 111 Å². The first-order valence-corrected chi connectivity index (χ1v) is 6.96. The van der Waals surface area contributed by atoms with E-state index in [2.05, 4.69) is 50.4 Å². The third-order valence-electron chi connectivity index (χ3n) is 2.89. The molecular formula is C14H27N3O. The average molecular weight is 253 g/mol. The number of aromatic nitrogens is 2. The fourth-order valence-electron chi connectivity index (χ4n) is 1.58.